The Morgan fingerprint density at radius 3 is 2.57 bits per heavy atom. The van der Waals surface area contributed by atoms with Crippen LogP contribution in [-0.4, -0.2) is 24.2 Å². The SMILES string of the molecule is O=C(OCc1cc2c(cc1Br)OCCO2)c1ccncc1. The first-order chi connectivity index (χ1) is 10.2. The molecule has 1 aromatic carbocycles. The Morgan fingerprint density at radius 2 is 1.86 bits per heavy atom. The molecule has 0 N–H and O–H groups in total. The number of hydrogen-bond acceptors (Lipinski definition) is 5. The first kappa shape index (κ1) is 13.9. The zero-order valence-electron chi connectivity index (χ0n) is 11.0. The Bertz CT molecular complexity index is 660. The van der Waals surface area contributed by atoms with Gasteiger partial charge < -0.3 is 14.2 Å². The number of hydrogen-bond donors (Lipinski definition) is 0. The van der Waals surface area contributed by atoms with Gasteiger partial charge in [-0.25, -0.2) is 4.79 Å². The minimum absolute atomic E-state index is 0.151. The number of benzene rings is 1. The van der Waals surface area contributed by atoms with Gasteiger partial charge in [-0.3, -0.25) is 4.98 Å². The van der Waals surface area contributed by atoms with Crippen LogP contribution in [0.2, 0.25) is 0 Å². The van der Waals surface area contributed by atoms with Crippen LogP contribution in [0.25, 0.3) is 0 Å². The number of esters is 1. The third-order valence-corrected chi connectivity index (χ3v) is 3.72. The van der Waals surface area contributed by atoms with Crippen molar-refractivity contribution in [1.29, 1.82) is 0 Å². The normalized spacial score (nSPS) is 12.8. The van der Waals surface area contributed by atoms with E-state index in [-0.39, 0.29) is 12.6 Å². The van der Waals surface area contributed by atoms with E-state index in [4.69, 9.17) is 14.2 Å². The van der Waals surface area contributed by atoms with Crippen molar-refractivity contribution < 1.29 is 19.0 Å². The summed E-state index contributed by atoms with van der Waals surface area (Å²) in [4.78, 5) is 15.8. The fourth-order valence-corrected chi connectivity index (χ4v) is 2.37. The maximum Gasteiger partial charge on any atom is 0.338 e. The van der Waals surface area contributed by atoms with Gasteiger partial charge in [-0.1, -0.05) is 15.9 Å². The number of rotatable bonds is 3. The molecule has 3 rings (SSSR count). The van der Waals surface area contributed by atoms with Crippen LogP contribution < -0.4 is 9.47 Å². The van der Waals surface area contributed by atoms with Gasteiger partial charge >= 0.3 is 5.97 Å². The van der Waals surface area contributed by atoms with Crippen molar-refractivity contribution in [3.63, 3.8) is 0 Å². The molecule has 2 aromatic rings. The predicted octanol–water partition coefficient (Wildman–Crippen LogP) is 2.97. The lowest BCUT2D eigenvalue weighted by Gasteiger charge is -2.19. The van der Waals surface area contributed by atoms with E-state index in [2.05, 4.69) is 20.9 Å². The zero-order valence-corrected chi connectivity index (χ0v) is 12.6. The molecule has 5 nitrogen and oxygen atoms in total. The van der Waals surface area contributed by atoms with Crippen molar-refractivity contribution in [3.05, 3.63) is 52.3 Å². The highest BCUT2D eigenvalue weighted by molar-refractivity contribution is 9.10. The van der Waals surface area contributed by atoms with Gasteiger partial charge in [0.1, 0.15) is 19.8 Å². The molecule has 0 saturated carbocycles. The van der Waals surface area contributed by atoms with Gasteiger partial charge in [0.05, 0.1) is 5.56 Å². The zero-order chi connectivity index (χ0) is 14.7. The van der Waals surface area contributed by atoms with E-state index in [1.165, 1.54) is 0 Å². The monoisotopic (exact) mass is 349 g/mol. The number of carbonyl (C=O) groups excluding carboxylic acids is 1. The summed E-state index contributed by atoms with van der Waals surface area (Å²) in [7, 11) is 0. The highest BCUT2D eigenvalue weighted by Crippen LogP contribution is 2.35. The predicted molar refractivity (Wildman–Crippen MR) is 78.5 cm³/mol. The highest BCUT2D eigenvalue weighted by Gasteiger charge is 2.16. The van der Waals surface area contributed by atoms with Crippen LogP contribution in [0.4, 0.5) is 0 Å². The summed E-state index contributed by atoms with van der Waals surface area (Å²) in [6.07, 6.45) is 3.10. The van der Waals surface area contributed by atoms with Gasteiger partial charge in [0.25, 0.3) is 0 Å². The fourth-order valence-electron chi connectivity index (χ4n) is 1.93. The molecule has 0 spiro atoms. The van der Waals surface area contributed by atoms with Crippen LogP contribution in [0.5, 0.6) is 11.5 Å². The Kier molecular flexibility index (Phi) is 4.06. The third-order valence-electron chi connectivity index (χ3n) is 2.99. The van der Waals surface area contributed by atoms with E-state index in [1.807, 2.05) is 12.1 Å². The standard InChI is InChI=1S/C15H12BrNO4/c16-12-8-14-13(19-5-6-20-14)7-11(12)9-21-15(18)10-1-3-17-4-2-10/h1-4,7-8H,5-6,9H2. The second-order valence-corrected chi connectivity index (χ2v) is 5.25. The van der Waals surface area contributed by atoms with Gasteiger partial charge in [-0.15, -0.1) is 0 Å². The van der Waals surface area contributed by atoms with Crippen LogP contribution in [0.15, 0.2) is 41.1 Å². The van der Waals surface area contributed by atoms with Crippen LogP contribution in [0.1, 0.15) is 15.9 Å². The largest absolute Gasteiger partial charge is 0.486 e. The third kappa shape index (κ3) is 3.16. The number of nitrogens with zero attached hydrogens (tertiary/aromatic N) is 1. The Labute approximate surface area is 130 Å². The number of pyridine rings is 1. The lowest BCUT2D eigenvalue weighted by molar-refractivity contribution is 0.0471. The first-order valence-electron chi connectivity index (χ1n) is 6.39. The van der Waals surface area contributed by atoms with Gasteiger partial charge in [0.15, 0.2) is 11.5 Å². The number of fused-ring (bicyclic) bond motifs is 1. The Balaban J connectivity index is 1.72. The minimum Gasteiger partial charge on any atom is -0.486 e. The van der Waals surface area contributed by atoms with E-state index >= 15 is 0 Å². The van der Waals surface area contributed by atoms with Crippen LogP contribution >= 0.6 is 15.9 Å². The fraction of sp³-hybridized carbons (Fsp3) is 0.200. The maximum absolute atomic E-state index is 11.9. The smallest absolute Gasteiger partial charge is 0.338 e. The summed E-state index contributed by atoms with van der Waals surface area (Å²) >= 11 is 3.44. The number of halogens is 1. The Hall–Kier alpha value is -2.08. The summed E-state index contributed by atoms with van der Waals surface area (Å²) in [5.41, 5.74) is 1.29. The van der Waals surface area contributed by atoms with Crippen LogP contribution in [-0.2, 0) is 11.3 Å². The molecule has 21 heavy (non-hydrogen) atoms. The summed E-state index contributed by atoms with van der Waals surface area (Å²) in [5.74, 6) is 0.968. The molecule has 2 heterocycles. The van der Waals surface area contributed by atoms with Crippen molar-refractivity contribution >= 4 is 21.9 Å². The second-order valence-electron chi connectivity index (χ2n) is 4.40. The number of aromatic nitrogens is 1. The van der Waals surface area contributed by atoms with Crippen molar-refractivity contribution in [2.45, 2.75) is 6.61 Å². The summed E-state index contributed by atoms with van der Waals surface area (Å²) in [6.45, 7) is 1.21. The van der Waals surface area contributed by atoms with Crippen molar-refractivity contribution in [1.82, 2.24) is 4.98 Å². The summed E-state index contributed by atoms with van der Waals surface area (Å²) in [6, 6.07) is 6.87. The molecular formula is C15H12BrNO4. The van der Waals surface area contributed by atoms with Crippen LogP contribution in [0, 0.1) is 0 Å². The average molecular weight is 350 g/mol. The lowest BCUT2D eigenvalue weighted by atomic mass is 10.2. The molecule has 6 heteroatoms. The molecule has 1 aromatic heterocycles. The maximum atomic E-state index is 11.9. The molecular weight excluding hydrogens is 338 g/mol. The first-order valence-corrected chi connectivity index (χ1v) is 7.18. The van der Waals surface area contributed by atoms with E-state index in [0.717, 1.165) is 10.0 Å². The van der Waals surface area contributed by atoms with E-state index in [1.54, 1.807) is 24.5 Å². The summed E-state index contributed by atoms with van der Waals surface area (Å²) in [5, 5.41) is 0. The van der Waals surface area contributed by atoms with Crippen molar-refractivity contribution in [2.75, 3.05) is 13.2 Å². The Morgan fingerprint density at radius 1 is 1.19 bits per heavy atom. The highest BCUT2D eigenvalue weighted by atomic mass is 79.9. The van der Waals surface area contributed by atoms with E-state index in [9.17, 15) is 4.79 Å². The lowest BCUT2D eigenvalue weighted by Crippen LogP contribution is -2.15. The van der Waals surface area contributed by atoms with Gasteiger partial charge in [-0.2, -0.15) is 0 Å². The summed E-state index contributed by atoms with van der Waals surface area (Å²) < 4.78 is 17.1. The number of ether oxygens (including phenoxy) is 3. The molecule has 0 unspecified atom stereocenters. The average Bonchev–Trinajstić information content (AvgIpc) is 2.53. The van der Waals surface area contributed by atoms with Gasteiger partial charge in [-0.05, 0) is 24.3 Å². The van der Waals surface area contributed by atoms with Crippen LogP contribution in [0.3, 0.4) is 0 Å². The molecule has 0 bridgehead atoms. The molecule has 0 fully saturated rings. The molecule has 0 aliphatic carbocycles. The quantitative estimate of drug-likeness (QED) is 0.797. The topological polar surface area (TPSA) is 57.7 Å². The molecule has 1 aliphatic heterocycles. The molecule has 1 aliphatic rings. The van der Waals surface area contributed by atoms with E-state index < -0.39 is 0 Å². The second kappa shape index (κ2) is 6.13. The van der Waals surface area contributed by atoms with Gasteiger partial charge in [0.2, 0.25) is 0 Å². The van der Waals surface area contributed by atoms with Crippen molar-refractivity contribution in [3.8, 4) is 11.5 Å². The van der Waals surface area contributed by atoms with E-state index in [0.29, 0.717) is 30.3 Å². The van der Waals surface area contributed by atoms with Gasteiger partial charge in [0, 0.05) is 22.4 Å². The molecule has 108 valence electrons. The molecule has 0 radical (unpaired) electrons. The van der Waals surface area contributed by atoms with Crippen molar-refractivity contribution in [2.24, 2.45) is 0 Å². The molecule has 0 amide bonds. The number of carbonyl (C=O) groups is 1. The molecule has 0 saturated heterocycles. The molecule has 0 atom stereocenters. The minimum atomic E-state index is -0.390.